The summed E-state index contributed by atoms with van der Waals surface area (Å²) in [5.74, 6) is 0.0474. The predicted octanol–water partition coefficient (Wildman–Crippen LogP) is 2.97. The number of carbonyl (C=O) groups excluding carboxylic acids is 1. The average molecular weight is 415 g/mol. The molecule has 2 aromatic carbocycles. The maximum Gasteiger partial charge on any atom is 0.263 e. The van der Waals surface area contributed by atoms with E-state index in [-0.39, 0.29) is 24.2 Å². The number of hydrogen-bond donors (Lipinski definition) is 1. The van der Waals surface area contributed by atoms with Crippen LogP contribution in [0.2, 0.25) is 0 Å². The van der Waals surface area contributed by atoms with E-state index < -0.39 is 16.1 Å². The van der Waals surface area contributed by atoms with Crippen molar-refractivity contribution in [1.82, 2.24) is 5.32 Å². The Kier molecular flexibility index (Phi) is 5.25. The summed E-state index contributed by atoms with van der Waals surface area (Å²) in [6, 6.07) is 13.1. The quantitative estimate of drug-likeness (QED) is 0.816. The zero-order chi connectivity index (χ0) is 20.6. The van der Waals surface area contributed by atoms with Gasteiger partial charge < -0.3 is 10.1 Å². The molecule has 1 N–H and O–H groups in total. The molecule has 1 aliphatic carbocycles. The van der Waals surface area contributed by atoms with Gasteiger partial charge in [0.15, 0.2) is 6.10 Å². The largest absolute Gasteiger partial charge is 0.476 e. The van der Waals surface area contributed by atoms with Crippen molar-refractivity contribution in [3.8, 4) is 5.75 Å². The van der Waals surface area contributed by atoms with Crippen LogP contribution < -0.4 is 14.4 Å². The van der Waals surface area contributed by atoms with Crippen molar-refractivity contribution < 1.29 is 17.9 Å². The van der Waals surface area contributed by atoms with E-state index in [1.54, 1.807) is 31.2 Å². The number of para-hydroxylation sites is 2. The summed E-state index contributed by atoms with van der Waals surface area (Å²) in [6.45, 7) is 3.50. The van der Waals surface area contributed by atoms with Crippen LogP contribution in [0.1, 0.15) is 43.0 Å². The second kappa shape index (κ2) is 7.71. The number of hydrogen-bond acceptors (Lipinski definition) is 4. The molecule has 1 heterocycles. The van der Waals surface area contributed by atoms with Crippen molar-refractivity contribution in [2.24, 2.45) is 0 Å². The summed E-state index contributed by atoms with van der Waals surface area (Å²) in [7, 11) is -3.52. The van der Waals surface area contributed by atoms with E-state index in [0.29, 0.717) is 11.4 Å². The second-order valence-corrected chi connectivity index (χ2v) is 9.80. The maximum absolute atomic E-state index is 12.9. The maximum atomic E-state index is 12.9. The molecule has 0 unspecified atom stereocenters. The third-order valence-corrected chi connectivity index (χ3v) is 7.46. The summed E-state index contributed by atoms with van der Waals surface area (Å²) in [6.07, 6.45) is 2.48. The second-order valence-electron chi connectivity index (χ2n) is 7.62. The lowest BCUT2D eigenvalue weighted by Gasteiger charge is -2.35. The first kappa shape index (κ1) is 19.8. The number of benzene rings is 2. The van der Waals surface area contributed by atoms with E-state index in [4.69, 9.17) is 4.74 Å². The van der Waals surface area contributed by atoms with Crippen LogP contribution in [0, 0.1) is 0 Å². The lowest BCUT2D eigenvalue weighted by atomic mass is 10.0. The first-order valence-corrected chi connectivity index (χ1v) is 11.7. The third kappa shape index (κ3) is 3.83. The Hall–Kier alpha value is -2.54. The molecule has 0 saturated carbocycles. The molecule has 1 amide bonds. The highest BCUT2D eigenvalue weighted by Crippen LogP contribution is 2.35. The number of carbonyl (C=O) groups is 1. The smallest absolute Gasteiger partial charge is 0.263 e. The Morgan fingerprint density at radius 2 is 1.97 bits per heavy atom. The lowest BCUT2D eigenvalue weighted by Crippen LogP contribution is -2.51. The Morgan fingerprint density at radius 3 is 2.76 bits per heavy atom. The van der Waals surface area contributed by atoms with E-state index in [2.05, 4.69) is 23.5 Å². The highest BCUT2D eigenvalue weighted by molar-refractivity contribution is 7.92. The summed E-state index contributed by atoms with van der Waals surface area (Å²) in [4.78, 5) is 12.9. The van der Waals surface area contributed by atoms with Gasteiger partial charge >= 0.3 is 0 Å². The van der Waals surface area contributed by atoms with Crippen LogP contribution in [0.15, 0.2) is 42.5 Å². The first-order chi connectivity index (χ1) is 13.9. The van der Waals surface area contributed by atoms with Crippen molar-refractivity contribution in [2.45, 2.75) is 45.3 Å². The summed E-state index contributed by atoms with van der Waals surface area (Å²) < 4.78 is 32.3. The van der Waals surface area contributed by atoms with Gasteiger partial charge in [-0.05, 0) is 61.9 Å². The van der Waals surface area contributed by atoms with Gasteiger partial charge in [0.2, 0.25) is 10.0 Å². The molecule has 0 radical (unpaired) electrons. The average Bonchev–Trinajstić information content (AvgIpc) is 3.20. The molecular formula is C22H26N2O4S. The predicted molar refractivity (Wildman–Crippen MR) is 113 cm³/mol. The fraction of sp³-hybridized carbons (Fsp3) is 0.409. The van der Waals surface area contributed by atoms with Crippen molar-refractivity contribution in [3.63, 3.8) is 0 Å². The van der Waals surface area contributed by atoms with Gasteiger partial charge in [0.05, 0.1) is 24.0 Å². The first-order valence-electron chi connectivity index (χ1n) is 10.1. The number of rotatable bonds is 5. The lowest BCUT2D eigenvalue weighted by molar-refractivity contribution is -0.128. The highest BCUT2D eigenvalue weighted by Gasteiger charge is 2.36. The van der Waals surface area contributed by atoms with E-state index in [1.807, 2.05) is 6.92 Å². The molecule has 1 aliphatic heterocycles. The van der Waals surface area contributed by atoms with E-state index in [9.17, 15) is 13.2 Å². The Balaban J connectivity index is 1.53. The van der Waals surface area contributed by atoms with Gasteiger partial charge in [-0.25, -0.2) is 8.42 Å². The van der Waals surface area contributed by atoms with Crippen LogP contribution in [0.3, 0.4) is 0 Å². The minimum absolute atomic E-state index is 0.0318. The molecular weight excluding hydrogens is 388 g/mol. The van der Waals surface area contributed by atoms with Gasteiger partial charge in [-0.2, -0.15) is 0 Å². The Bertz CT molecular complexity index is 1030. The van der Waals surface area contributed by atoms with Gasteiger partial charge in [0.25, 0.3) is 5.91 Å². The van der Waals surface area contributed by atoms with Gasteiger partial charge in [-0.1, -0.05) is 30.3 Å². The van der Waals surface area contributed by atoms with Crippen LogP contribution in [-0.2, 0) is 27.7 Å². The van der Waals surface area contributed by atoms with Crippen molar-refractivity contribution in [2.75, 3.05) is 16.6 Å². The molecule has 6 nitrogen and oxygen atoms in total. The monoisotopic (exact) mass is 414 g/mol. The topological polar surface area (TPSA) is 75.7 Å². The van der Waals surface area contributed by atoms with E-state index in [0.717, 1.165) is 18.4 Å². The number of anilines is 1. The van der Waals surface area contributed by atoms with E-state index >= 15 is 0 Å². The normalized spacial score (nSPS) is 19.1. The Labute approximate surface area is 171 Å². The molecule has 0 spiro atoms. The molecule has 4 rings (SSSR count). The number of aryl methyl sites for hydroxylation is 2. The molecule has 0 saturated heterocycles. The molecule has 2 aromatic rings. The summed E-state index contributed by atoms with van der Waals surface area (Å²) in [5.41, 5.74) is 4.27. The summed E-state index contributed by atoms with van der Waals surface area (Å²) >= 11 is 0. The Morgan fingerprint density at radius 1 is 1.21 bits per heavy atom. The molecule has 0 bridgehead atoms. The molecule has 7 heteroatoms. The number of nitrogens with one attached hydrogen (secondary N) is 1. The van der Waals surface area contributed by atoms with Crippen molar-refractivity contribution >= 4 is 21.6 Å². The summed E-state index contributed by atoms with van der Waals surface area (Å²) in [5, 5.41) is 2.99. The molecule has 0 aromatic heterocycles. The fourth-order valence-corrected chi connectivity index (χ4v) is 5.13. The van der Waals surface area contributed by atoms with Gasteiger partial charge in [-0.15, -0.1) is 0 Å². The molecule has 29 heavy (non-hydrogen) atoms. The fourth-order valence-electron chi connectivity index (χ4n) is 4.01. The van der Waals surface area contributed by atoms with Crippen LogP contribution in [-0.4, -0.2) is 32.7 Å². The number of ether oxygens (including phenoxy) is 1. The number of nitrogens with zero attached hydrogens (tertiary/aromatic N) is 1. The number of amides is 1. The van der Waals surface area contributed by atoms with Gasteiger partial charge in [-0.3, -0.25) is 9.10 Å². The van der Waals surface area contributed by atoms with E-state index in [1.165, 1.54) is 21.9 Å². The van der Waals surface area contributed by atoms with Crippen LogP contribution in [0.5, 0.6) is 5.75 Å². The molecule has 0 fully saturated rings. The number of sulfonamides is 1. The minimum Gasteiger partial charge on any atom is -0.476 e. The van der Waals surface area contributed by atoms with Crippen molar-refractivity contribution in [3.05, 3.63) is 59.2 Å². The van der Waals surface area contributed by atoms with Gasteiger partial charge in [0, 0.05) is 0 Å². The molecule has 154 valence electrons. The van der Waals surface area contributed by atoms with Gasteiger partial charge in [0.1, 0.15) is 5.75 Å². The van der Waals surface area contributed by atoms with Crippen LogP contribution >= 0.6 is 0 Å². The van der Waals surface area contributed by atoms with Crippen LogP contribution in [0.25, 0.3) is 0 Å². The minimum atomic E-state index is -3.52. The SMILES string of the molecule is CCS(=O)(=O)N1C[C@@H](C(=O)N[C@@H](C)c2ccc3c(c2)CCC3)Oc2ccccc21. The zero-order valence-corrected chi connectivity index (χ0v) is 17.5. The zero-order valence-electron chi connectivity index (χ0n) is 16.7. The highest BCUT2D eigenvalue weighted by atomic mass is 32.2. The number of fused-ring (bicyclic) bond motifs is 2. The molecule has 2 aliphatic rings. The van der Waals surface area contributed by atoms with Crippen LogP contribution in [0.4, 0.5) is 5.69 Å². The molecule has 2 atom stereocenters. The third-order valence-electron chi connectivity index (χ3n) is 5.71. The standard InChI is InChI=1S/C22H26N2O4S/c1-3-29(26,27)24-14-21(28-20-10-5-4-9-19(20)24)22(25)23-15(2)17-12-11-16-7-6-8-18(16)13-17/h4-5,9-13,15,21H,3,6-8,14H2,1-2H3,(H,23,25)/t15-,21-/m0/s1. The van der Waals surface area contributed by atoms with Crippen molar-refractivity contribution in [1.29, 1.82) is 0 Å².